The van der Waals surface area contributed by atoms with Crippen LogP contribution in [0.25, 0.3) is 11.1 Å². The molecule has 1 aliphatic carbocycles. The molecular weight excluding hydrogens is 504 g/mol. The SMILES string of the molecule is CCCC(CCNC(=O)OCC1c2ccccc2-c2ccccc21)CCC(=O)N(CC(=O)O)Cc1ccccc1. The van der Waals surface area contributed by atoms with E-state index in [4.69, 9.17) is 4.74 Å². The Bertz CT molecular complexity index is 1250. The highest BCUT2D eigenvalue weighted by molar-refractivity contribution is 5.81. The lowest BCUT2D eigenvalue weighted by Gasteiger charge is -2.23. The molecule has 7 nitrogen and oxygen atoms in total. The van der Waals surface area contributed by atoms with E-state index in [2.05, 4.69) is 36.5 Å². The van der Waals surface area contributed by atoms with Gasteiger partial charge in [-0.1, -0.05) is 98.6 Å². The zero-order chi connectivity index (χ0) is 28.3. The third-order valence-electron chi connectivity index (χ3n) is 7.52. The molecular formula is C33H38N2O5. The summed E-state index contributed by atoms with van der Waals surface area (Å²) in [5.74, 6) is -0.939. The summed E-state index contributed by atoms with van der Waals surface area (Å²) in [7, 11) is 0. The van der Waals surface area contributed by atoms with Crippen LogP contribution in [0, 0.1) is 5.92 Å². The van der Waals surface area contributed by atoms with E-state index in [1.165, 1.54) is 27.2 Å². The van der Waals surface area contributed by atoms with Crippen LogP contribution in [0.15, 0.2) is 78.9 Å². The zero-order valence-corrected chi connectivity index (χ0v) is 23.1. The maximum atomic E-state index is 12.9. The van der Waals surface area contributed by atoms with Crippen LogP contribution in [-0.2, 0) is 20.9 Å². The van der Waals surface area contributed by atoms with Crippen LogP contribution in [0.5, 0.6) is 0 Å². The number of carboxylic acid groups (broad SMARTS) is 1. The zero-order valence-electron chi connectivity index (χ0n) is 23.1. The van der Waals surface area contributed by atoms with Crippen LogP contribution in [0.2, 0.25) is 0 Å². The van der Waals surface area contributed by atoms with Gasteiger partial charge in [0.2, 0.25) is 5.91 Å². The van der Waals surface area contributed by atoms with E-state index in [0.29, 0.717) is 13.0 Å². The van der Waals surface area contributed by atoms with Gasteiger partial charge in [-0.15, -0.1) is 0 Å². The van der Waals surface area contributed by atoms with Gasteiger partial charge < -0.3 is 20.1 Å². The fourth-order valence-electron chi connectivity index (χ4n) is 5.55. The summed E-state index contributed by atoms with van der Waals surface area (Å²) in [6.45, 7) is 2.77. The Morgan fingerprint density at radius 2 is 1.50 bits per heavy atom. The Morgan fingerprint density at radius 1 is 0.875 bits per heavy atom. The summed E-state index contributed by atoms with van der Waals surface area (Å²) < 4.78 is 5.64. The second-order valence-electron chi connectivity index (χ2n) is 10.4. The van der Waals surface area contributed by atoms with Crippen molar-refractivity contribution < 1.29 is 24.2 Å². The van der Waals surface area contributed by atoms with Crippen molar-refractivity contribution in [1.29, 1.82) is 0 Å². The molecule has 0 saturated heterocycles. The second kappa shape index (κ2) is 14.3. The Hall–Kier alpha value is -4.13. The lowest BCUT2D eigenvalue weighted by atomic mass is 9.94. The standard InChI is InChI=1S/C33H38N2O5/c1-2-10-24(17-18-31(36)35(22-32(37)38)21-25-11-4-3-5-12-25)19-20-34-33(39)40-23-30-28-15-8-6-13-26(28)27-14-7-9-16-29(27)30/h3-9,11-16,24,30H,2,10,17-23H2,1H3,(H,34,39)(H,37,38). The van der Waals surface area contributed by atoms with Crippen molar-refractivity contribution in [3.05, 3.63) is 95.6 Å². The molecule has 0 spiro atoms. The number of nitrogens with zero attached hydrogens (tertiary/aromatic N) is 1. The second-order valence-corrected chi connectivity index (χ2v) is 10.4. The third kappa shape index (κ3) is 7.72. The number of benzene rings is 3. The molecule has 210 valence electrons. The normalized spacial score (nSPS) is 12.7. The van der Waals surface area contributed by atoms with Crippen molar-refractivity contribution in [3.8, 4) is 11.1 Å². The summed E-state index contributed by atoms with van der Waals surface area (Å²) >= 11 is 0. The maximum absolute atomic E-state index is 12.9. The number of hydrogen-bond acceptors (Lipinski definition) is 4. The van der Waals surface area contributed by atoms with E-state index in [1.54, 1.807) is 0 Å². The van der Waals surface area contributed by atoms with E-state index < -0.39 is 12.1 Å². The number of rotatable bonds is 14. The lowest BCUT2D eigenvalue weighted by molar-refractivity contribution is -0.145. The topological polar surface area (TPSA) is 95.9 Å². The van der Waals surface area contributed by atoms with Gasteiger partial charge in [-0.05, 0) is 46.6 Å². The highest BCUT2D eigenvalue weighted by Gasteiger charge is 2.29. The Balaban J connectivity index is 1.24. The first-order chi connectivity index (χ1) is 19.5. The largest absolute Gasteiger partial charge is 0.480 e. The molecule has 3 aromatic rings. The van der Waals surface area contributed by atoms with Crippen LogP contribution in [-0.4, -0.2) is 47.7 Å². The summed E-state index contributed by atoms with van der Waals surface area (Å²) in [6, 6.07) is 25.9. The summed E-state index contributed by atoms with van der Waals surface area (Å²) in [5.41, 5.74) is 5.63. The number of ether oxygens (including phenoxy) is 1. The van der Waals surface area contributed by atoms with Crippen molar-refractivity contribution in [1.82, 2.24) is 10.2 Å². The number of aliphatic carboxylic acids is 1. The molecule has 0 saturated carbocycles. The molecule has 0 heterocycles. The van der Waals surface area contributed by atoms with Crippen molar-refractivity contribution in [2.45, 2.75) is 51.5 Å². The van der Waals surface area contributed by atoms with Gasteiger partial charge in [0.05, 0.1) is 0 Å². The maximum Gasteiger partial charge on any atom is 0.407 e. The first-order valence-electron chi connectivity index (χ1n) is 14.1. The molecule has 0 fully saturated rings. The molecule has 3 aromatic carbocycles. The van der Waals surface area contributed by atoms with Crippen LogP contribution >= 0.6 is 0 Å². The van der Waals surface area contributed by atoms with Crippen molar-refractivity contribution in [3.63, 3.8) is 0 Å². The van der Waals surface area contributed by atoms with Crippen molar-refractivity contribution in [2.75, 3.05) is 19.7 Å². The van der Waals surface area contributed by atoms with Crippen LogP contribution in [0.4, 0.5) is 4.79 Å². The monoisotopic (exact) mass is 542 g/mol. The van der Waals surface area contributed by atoms with Crippen LogP contribution in [0.1, 0.15) is 61.6 Å². The average Bonchev–Trinajstić information content (AvgIpc) is 3.28. The van der Waals surface area contributed by atoms with Gasteiger partial charge in [-0.2, -0.15) is 0 Å². The number of alkyl carbamates (subject to hydrolysis) is 1. The summed E-state index contributed by atoms with van der Waals surface area (Å²) in [6.07, 6.45) is 3.09. The van der Waals surface area contributed by atoms with Crippen LogP contribution < -0.4 is 5.32 Å². The molecule has 2 amide bonds. The summed E-state index contributed by atoms with van der Waals surface area (Å²) in [4.78, 5) is 38.2. The predicted molar refractivity (Wildman–Crippen MR) is 155 cm³/mol. The Morgan fingerprint density at radius 3 is 2.12 bits per heavy atom. The van der Waals surface area contributed by atoms with E-state index >= 15 is 0 Å². The van der Waals surface area contributed by atoms with Gasteiger partial charge in [0.1, 0.15) is 13.2 Å². The van der Waals surface area contributed by atoms with Gasteiger partial charge in [0, 0.05) is 25.4 Å². The number of nitrogens with one attached hydrogen (secondary N) is 1. The van der Waals surface area contributed by atoms with Crippen molar-refractivity contribution in [2.24, 2.45) is 5.92 Å². The van der Waals surface area contributed by atoms with Gasteiger partial charge in [0.25, 0.3) is 0 Å². The number of carbonyl (C=O) groups excluding carboxylic acids is 2. The number of carboxylic acids is 1. The van der Waals surface area contributed by atoms with Gasteiger partial charge >= 0.3 is 12.1 Å². The lowest BCUT2D eigenvalue weighted by Crippen LogP contribution is -2.35. The van der Waals surface area contributed by atoms with Gasteiger partial charge in [-0.25, -0.2) is 4.79 Å². The molecule has 1 aliphatic rings. The highest BCUT2D eigenvalue weighted by atomic mass is 16.5. The molecule has 7 heteroatoms. The van der Waals surface area contributed by atoms with E-state index in [9.17, 15) is 19.5 Å². The Labute approximate surface area is 236 Å². The molecule has 1 unspecified atom stereocenters. The van der Waals surface area contributed by atoms with Crippen LogP contribution in [0.3, 0.4) is 0 Å². The van der Waals surface area contributed by atoms with Gasteiger partial charge in [0.15, 0.2) is 0 Å². The first-order valence-corrected chi connectivity index (χ1v) is 14.1. The number of hydrogen-bond donors (Lipinski definition) is 2. The molecule has 0 bridgehead atoms. The quantitative estimate of drug-likeness (QED) is 0.252. The molecule has 2 N–H and O–H groups in total. The van der Waals surface area contributed by atoms with Gasteiger partial charge in [-0.3, -0.25) is 9.59 Å². The highest BCUT2D eigenvalue weighted by Crippen LogP contribution is 2.44. The fraction of sp³-hybridized carbons (Fsp3) is 0.364. The smallest absolute Gasteiger partial charge is 0.407 e. The third-order valence-corrected chi connectivity index (χ3v) is 7.52. The van der Waals surface area contributed by atoms with E-state index in [1.807, 2.05) is 54.6 Å². The minimum Gasteiger partial charge on any atom is -0.480 e. The van der Waals surface area contributed by atoms with E-state index in [0.717, 1.165) is 24.8 Å². The first kappa shape index (κ1) is 28.9. The molecule has 0 radical (unpaired) electrons. The number of fused-ring (bicyclic) bond motifs is 3. The molecule has 4 rings (SSSR count). The molecule has 0 aliphatic heterocycles. The minimum absolute atomic E-state index is 0.0154. The molecule has 40 heavy (non-hydrogen) atoms. The van der Waals surface area contributed by atoms with E-state index in [-0.39, 0.29) is 43.9 Å². The Kier molecular flexibility index (Phi) is 10.3. The number of amides is 2. The summed E-state index contributed by atoms with van der Waals surface area (Å²) in [5, 5.41) is 12.2. The minimum atomic E-state index is -1.03. The predicted octanol–water partition coefficient (Wildman–Crippen LogP) is 6.23. The molecule has 0 aromatic heterocycles. The fourth-order valence-corrected chi connectivity index (χ4v) is 5.55. The number of carbonyl (C=O) groups is 3. The molecule has 1 atom stereocenters. The van der Waals surface area contributed by atoms with Crippen molar-refractivity contribution >= 4 is 18.0 Å². The average molecular weight is 543 g/mol.